The molecule has 2 aromatic rings. The van der Waals surface area contributed by atoms with Crippen LogP contribution in [0, 0.1) is 12.7 Å². The van der Waals surface area contributed by atoms with E-state index >= 15 is 0 Å². The van der Waals surface area contributed by atoms with Crippen LogP contribution in [0.15, 0.2) is 36.4 Å². The first-order valence-corrected chi connectivity index (χ1v) is 5.48. The third-order valence-corrected chi connectivity index (χ3v) is 2.59. The van der Waals surface area contributed by atoms with Gasteiger partial charge in [-0.25, -0.2) is 4.39 Å². The normalized spacial score (nSPS) is 10.2. The van der Waals surface area contributed by atoms with Gasteiger partial charge in [0.15, 0.2) is 17.3 Å². The first-order chi connectivity index (χ1) is 8.61. The second-order valence-electron chi connectivity index (χ2n) is 3.89. The van der Waals surface area contributed by atoms with Crippen LogP contribution in [-0.2, 0) is 0 Å². The van der Waals surface area contributed by atoms with Crippen molar-refractivity contribution in [1.82, 2.24) is 0 Å². The van der Waals surface area contributed by atoms with Crippen molar-refractivity contribution in [3.63, 3.8) is 0 Å². The number of ether oxygens (including phenoxy) is 2. The minimum Gasteiger partial charge on any atom is -0.497 e. The molecule has 0 atom stereocenters. The molecule has 0 saturated heterocycles. The van der Waals surface area contributed by atoms with Crippen molar-refractivity contribution < 1.29 is 13.9 Å². The summed E-state index contributed by atoms with van der Waals surface area (Å²) in [5.74, 6) is 0.810. The summed E-state index contributed by atoms with van der Waals surface area (Å²) >= 11 is 0. The van der Waals surface area contributed by atoms with Crippen molar-refractivity contribution >= 4 is 5.69 Å². The van der Waals surface area contributed by atoms with Crippen LogP contribution < -0.4 is 15.2 Å². The van der Waals surface area contributed by atoms with E-state index in [9.17, 15) is 4.39 Å². The number of rotatable bonds is 3. The fourth-order valence-electron chi connectivity index (χ4n) is 1.56. The minimum atomic E-state index is -0.382. The quantitative estimate of drug-likeness (QED) is 0.844. The van der Waals surface area contributed by atoms with Gasteiger partial charge in [-0.05, 0) is 30.7 Å². The molecule has 2 aromatic carbocycles. The number of benzene rings is 2. The lowest BCUT2D eigenvalue weighted by molar-refractivity contribution is 0.411. The highest BCUT2D eigenvalue weighted by molar-refractivity contribution is 5.57. The molecular formula is C14H14FNO2. The Labute approximate surface area is 105 Å². The minimum absolute atomic E-state index is 0.159. The van der Waals surface area contributed by atoms with E-state index in [1.165, 1.54) is 0 Å². The number of aryl methyl sites for hydroxylation is 1. The molecule has 3 nitrogen and oxygen atoms in total. The lowest BCUT2D eigenvalue weighted by Crippen LogP contribution is -1.95. The van der Waals surface area contributed by atoms with Crippen LogP contribution in [0.1, 0.15) is 5.56 Å². The highest BCUT2D eigenvalue weighted by atomic mass is 19.1. The molecule has 0 unspecified atom stereocenters. The standard InChI is InChI=1S/C14H14FNO2/c1-9-4-3-5-13(14(9)15)18-12-7-6-10(17-2)8-11(12)16/h3-8H,16H2,1-2H3. The molecule has 18 heavy (non-hydrogen) atoms. The molecule has 0 aliphatic carbocycles. The second-order valence-corrected chi connectivity index (χ2v) is 3.89. The van der Waals surface area contributed by atoms with E-state index in [1.807, 2.05) is 0 Å². The molecule has 0 bridgehead atoms. The van der Waals surface area contributed by atoms with Gasteiger partial charge in [0.05, 0.1) is 12.8 Å². The first-order valence-electron chi connectivity index (χ1n) is 5.48. The van der Waals surface area contributed by atoms with Gasteiger partial charge in [0.25, 0.3) is 0 Å². The number of halogens is 1. The van der Waals surface area contributed by atoms with E-state index in [1.54, 1.807) is 50.4 Å². The van der Waals surface area contributed by atoms with Gasteiger partial charge in [-0.3, -0.25) is 0 Å². The highest BCUT2D eigenvalue weighted by Gasteiger charge is 2.09. The van der Waals surface area contributed by atoms with E-state index < -0.39 is 0 Å². The first kappa shape index (κ1) is 12.2. The molecule has 94 valence electrons. The van der Waals surface area contributed by atoms with Crippen LogP contribution in [0.4, 0.5) is 10.1 Å². The van der Waals surface area contributed by atoms with E-state index in [4.69, 9.17) is 15.2 Å². The summed E-state index contributed by atoms with van der Waals surface area (Å²) in [6.45, 7) is 1.68. The predicted molar refractivity (Wildman–Crippen MR) is 68.6 cm³/mol. The molecule has 2 rings (SSSR count). The average Bonchev–Trinajstić information content (AvgIpc) is 2.37. The highest BCUT2D eigenvalue weighted by Crippen LogP contribution is 2.32. The van der Waals surface area contributed by atoms with E-state index in [0.29, 0.717) is 22.7 Å². The lowest BCUT2D eigenvalue weighted by Gasteiger charge is -2.11. The topological polar surface area (TPSA) is 44.5 Å². The van der Waals surface area contributed by atoms with Crippen molar-refractivity contribution in [2.24, 2.45) is 0 Å². The molecular weight excluding hydrogens is 233 g/mol. The van der Waals surface area contributed by atoms with E-state index in [0.717, 1.165) is 0 Å². The average molecular weight is 247 g/mol. The molecule has 0 saturated carbocycles. The Hall–Kier alpha value is -2.23. The van der Waals surface area contributed by atoms with Gasteiger partial charge in [0.1, 0.15) is 5.75 Å². The van der Waals surface area contributed by atoms with Crippen LogP contribution in [0.2, 0.25) is 0 Å². The van der Waals surface area contributed by atoms with Crippen molar-refractivity contribution in [2.75, 3.05) is 12.8 Å². The monoisotopic (exact) mass is 247 g/mol. The summed E-state index contributed by atoms with van der Waals surface area (Å²) in [4.78, 5) is 0. The van der Waals surface area contributed by atoms with Gasteiger partial charge in [-0.2, -0.15) is 0 Å². The third kappa shape index (κ3) is 2.37. The predicted octanol–water partition coefficient (Wildman–Crippen LogP) is 3.52. The molecule has 0 aliphatic heterocycles. The Morgan fingerprint density at radius 2 is 1.89 bits per heavy atom. The maximum absolute atomic E-state index is 13.8. The van der Waals surface area contributed by atoms with Crippen LogP contribution >= 0.6 is 0 Å². The van der Waals surface area contributed by atoms with Gasteiger partial charge >= 0.3 is 0 Å². The number of methoxy groups -OCH3 is 1. The fraction of sp³-hybridized carbons (Fsp3) is 0.143. The molecule has 0 aliphatic rings. The summed E-state index contributed by atoms with van der Waals surface area (Å²) in [6.07, 6.45) is 0. The van der Waals surface area contributed by atoms with Crippen molar-refractivity contribution in [2.45, 2.75) is 6.92 Å². The Morgan fingerprint density at radius 3 is 2.56 bits per heavy atom. The summed E-state index contributed by atoms with van der Waals surface area (Å²) in [5.41, 5.74) is 6.73. The zero-order chi connectivity index (χ0) is 13.1. The van der Waals surface area contributed by atoms with Crippen LogP contribution in [0.5, 0.6) is 17.2 Å². The molecule has 2 N–H and O–H groups in total. The SMILES string of the molecule is COc1ccc(Oc2cccc(C)c2F)c(N)c1. The molecule has 0 radical (unpaired) electrons. The van der Waals surface area contributed by atoms with Crippen molar-refractivity contribution in [3.8, 4) is 17.2 Å². The number of nitrogen functional groups attached to an aromatic ring is 1. The molecule has 0 spiro atoms. The van der Waals surface area contributed by atoms with Gasteiger partial charge in [-0.15, -0.1) is 0 Å². The summed E-state index contributed by atoms with van der Waals surface area (Å²) < 4.78 is 24.3. The zero-order valence-electron chi connectivity index (χ0n) is 10.2. The van der Waals surface area contributed by atoms with E-state index in [-0.39, 0.29) is 11.6 Å². The second kappa shape index (κ2) is 4.96. The summed E-state index contributed by atoms with van der Waals surface area (Å²) in [7, 11) is 1.55. The molecule has 0 aromatic heterocycles. The Bertz CT molecular complexity index is 570. The van der Waals surface area contributed by atoms with Crippen molar-refractivity contribution in [1.29, 1.82) is 0 Å². The Kier molecular flexibility index (Phi) is 3.37. The number of nitrogens with two attached hydrogens (primary N) is 1. The molecule has 0 amide bonds. The van der Waals surface area contributed by atoms with Gasteiger partial charge < -0.3 is 15.2 Å². The lowest BCUT2D eigenvalue weighted by atomic mass is 10.2. The van der Waals surface area contributed by atoms with Gasteiger partial charge in [0.2, 0.25) is 0 Å². The fourth-order valence-corrected chi connectivity index (χ4v) is 1.56. The zero-order valence-corrected chi connectivity index (χ0v) is 10.2. The van der Waals surface area contributed by atoms with Gasteiger partial charge in [-0.1, -0.05) is 12.1 Å². The number of anilines is 1. The maximum atomic E-state index is 13.8. The van der Waals surface area contributed by atoms with Crippen LogP contribution in [0.25, 0.3) is 0 Å². The summed E-state index contributed by atoms with van der Waals surface area (Å²) in [6, 6.07) is 9.96. The van der Waals surface area contributed by atoms with Crippen LogP contribution in [0.3, 0.4) is 0 Å². The van der Waals surface area contributed by atoms with Crippen molar-refractivity contribution in [3.05, 3.63) is 47.8 Å². The number of hydrogen-bond donors (Lipinski definition) is 1. The maximum Gasteiger partial charge on any atom is 0.168 e. The van der Waals surface area contributed by atoms with Gasteiger partial charge in [0, 0.05) is 6.07 Å². The van der Waals surface area contributed by atoms with E-state index in [2.05, 4.69) is 0 Å². The number of hydrogen-bond acceptors (Lipinski definition) is 3. The largest absolute Gasteiger partial charge is 0.497 e. The Morgan fingerprint density at radius 1 is 1.11 bits per heavy atom. The Balaban J connectivity index is 2.31. The smallest absolute Gasteiger partial charge is 0.168 e. The van der Waals surface area contributed by atoms with Crippen LogP contribution in [-0.4, -0.2) is 7.11 Å². The third-order valence-electron chi connectivity index (χ3n) is 2.59. The summed E-state index contributed by atoms with van der Waals surface area (Å²) in [5, 5.41) is 0. The molecule has 0 heterocycles. The molecule has 4 heteroatoms. The molecule has 0 fully saturated rings.